The molecule has 3 atom stereocenters. The molecule has 2 rings (SSSR count). The summed E-state index contributed by atoms with van der Waals surface area (Å²) < 4.78 is 11.0. The molecular weight excluding hydrogens is 252 g/mol. The zero-order chi connectivity index (χ0) is 14.4. The van der Waals surface area contributed by atoms with Crippen molar-refractivity contribution in [2.24, 2.45) is 11.8 Å². The Kier molecular flexibility index (Phi) is 6.75. The van der Waals surface area contributed by atoms with Crippen molar-refractivity contribution in [3.63, 3.8) is 0 Å². The fourth-order valence-electron chi connectivity index (χ4n) is 3.28. The first kappa shape index (κ1) is 16.2. The van der Waals surface area contributed by atoms with Crippen LogP contribution in [-0.4, -0.2) is 63.0 Å². The Morgan fingerprint density at radius 2 is 1.85 bits per heavy atom. The molecule has 0 spiro atoms. The summed E-state index contributed by atoms with van der Waals surface area (Å²) in [6.45, 7) is 13.9. The summed E-state index contributed by atoms with van der Waals surface area (Å²) in [4.78, 5) is 2.61. The Bertz CT molecular complexity index is 261. The van der Waals surface area contributed by atoms with Crippen molar-refractivity contribution in [3.05, 3.63) is 0 Å². The summed E-state index contributed by atoms with van der Waals surface area (Å²) in [6.07, 6.45) is 2.47. The van der Waals surface area contributed by atoms with Crippen LogP contribution in [0.5, 0.6) is 0 Å². The van der Waals surface area contributed by atoms with Crippen LogP contribution in [0, 0.1) is 11.8 Å². The van der Waals surface area contributed by atoms with E-state index in [9.17, 15) is 0 Å². The van der Waals surface area contributed by atoms with Crippen molar-refractivity contribution in [2.45, 2.75) is 45.7 Å². The van der Waals surface area contributed by atoms with Gasteiger partial charge in [-0.25, -0.2) is 0 Å². The maximum Gasteiger partial charge on any atom is 0.0594 e. The van der Waals surface area contributed by atoms with Gasteiger partial charge >= 0.3 is 0 Å². The number of ether oxygens (including phenoxy) is 2. The van der Waals surface area contributed by atoms with Crippen LogP contribution in [0.2, 0.25) is 0 Å². The Morgan fingerprint density at radius 1 is 1.10 bits per heavy atom. The van der Waals surface area contributed by atoms with Crippen molar-refractivity contribution in [3.8, 4) is 0 Å². The van der Waals surface area contributed by atoms with Crippen LogP contribution in [0.1, 0.15) is 33.6 Å². The monoisotopic (exact) mass is 284 g/mol. The largest absolute Gasteiger partial charge is 0.381 e. The molecule has 0 saturated carbocycles. The summed E-state index contributed by atoms with van der Waals surface area (Å²) in [5.41, 5.74) is 0. The molecule has 2 fully saturated rings. The van der Waals surface area contributed by atoms with Gasteiger partial charge in [-0.2, -0.15) is 0 Å². The maximum absolute atomic E-state index is 5.50. The molecule has 0 amide bonds. The molecule has 0 bridgehead atoms. The summed E-state index contributed by atoms with van der Waals surface area (Å²) in [6, 6.07) is 1.21. The van der Waals surface area contributed by atoms with E-state index in [0.717, 1.165) is 52.0 Å². The third kappa shape index (κ3) is 4.99. The molecule has 2 aliphatic heterocycles. The molecule has 3 unspecified atom stereocenters. The number of morpholine rings is 1. The van der Waals surface area contributed by atoms with Gasteiger partial charge in [0.2, 0.25) is 0 Å². The third-order valence-electron chi connectivity index (χ3n) is 4.65. The summed E-state index contributed by atoms with van der Waals surface area (Å²) in [5, 5.41) is 3.76. The van der Waals surface area contributed by atoms with Crippen molar-refractivity contribution < 1.29 is 9.47 Å². The van der Waals surface area contributed by atoms with Gasteiger partial charge in [0.25, 0.3) is 0 Å². The lowest BCUT2D eigenvalue weighted by Crippen LogP contribution is -2.50. The predicted octanol–water partition coefficient (Wildman–Crippen LogP) is 1.75. The minimum Gasteiger partial charge on any atom is -0.381 e. The average molecular weight is 284 g/mol. The van der Waals surface area contributed by atoms with Gasteiger partial charge in [-0.15, -0.1) is 0 Å². The van der Waals surface area contributed by atoms with E-state index in [1.807, 2.05) is 0 Å². The second-order valence-electron chi connectivity index (χ2n) is 6.75. The Morgan fingerprint density at radius 3 is 2.45 bits per heavy atom. The molecule has 0 aromatic carbocycles. The van der Waals surface area contributed by atoms with Gasteiger partial charge in [0.1, 0.15) is 0 Å². The van der Waals surface area contributed by atoms with Gasteiger partial charge in [0, 0.05) is 38.3 Å². The maximum atomic E-state index is 5.50. The highest BCUT2D eigenvalue weighted by molar-refractivity contribution is 4.81. The fourth-order valence-corrected chi connectivity index (χ4v) is 3.28. The molecule has 118 valence electrons. The van der Waals surface area contributed by atoms with Crippen LogP contribution in [0.15, 0.2) is 0 Å². The SMILES string of the molecule is CC(C)CC(CNC(C)C1CCOC1)N1CCOCC1. The lowest BCUT2D eigenvalue weighted by Gasteiger charge is -2.36. The molecule has 0 aromatic rings. The van der Waals surface area contributed by atoms with E-state index in [2.05, 4.69) is 31.0 Å². The van der Waals surface area contributed by atoms with E-state index in [1.165, 1.54) is 12.8 Å². The minimum atomic E-state index is 0.563. The first-order valence-electron chi connectivity index (χ1n) is 8.29. The highest BCUT2D eigenvalue weighted by Crippen LogP contribution is 2.18. The van der Waals surface area contributed by atoms with E-state index in [-0.39, 0.29) is 0 Å². The minimum absolute atomic E-state index is 0.563. The summed E-state index contributed by atoms with van der Waals surface area (Å²) >= 11 is 0. The van der Waals surface area contributed by atoms with Gasteiger partial charge in [-0.05, 0) is 31.6 Å². The highest BCUT2D eigenvalue weighted by Gasteiger charge is 2.25. The number of nitrogens with zero attached hydrogens (tertiary/aromatic N) is 1. The van der Waals surface area contributed by atoms with Crippen molar-refractivity contribution in [1.29, 1.82) is 0 Å². The fraction of sp³-hybridized carbons (Fsp3) is 1.00. The lowest BCUT2D eigenvalue weighted by molar-refractivity contribution is 0.0115. The summed E-state index contributed by atoms with van der Waals surface area (Å²) in [7, 11) is 0. The summed E-state index contributed by atoms with van der Waals surface area (Å²) in [5.74, 6) is 1.44. The van der Waals surface area contributed by atoms with E-state index in [0.29, 0.717) is 18.0 Å². The zero-order valence-electron chi connectivity index (χ0n) is 13.4. The van der Waals surface area contributed by atoms with E-state index in [1.54, 1.807) is 0 Å². The van der Waals surface area contributed by atoms with Crippen LogP contribution < -0.4 is 5.32 Å². The molecule has 4 heteroatoms. The van der Waals surface area contributed by atoms with Crippen LogP contribution >= 0.6 is 0 Å². The van der Waals surface area contributed by atoms with E-state index in [4.69, 9.17) is 9.47 Å². The smallest absolute Gasteiger partial charge is 0.0594 e. The molecule has 2 saturated heterocycles. The molecule has 4 nitrogen and oxygen atoms in total. The standard InChI is InChI=1S/C16H32N2O2/c1-13(2)10-16(18-5-8-19-9-6-18)11-17-14(3)15-4-7-20-12-15/h13-17H,4-12H2,1-3H3. The van der Waals surface area contributed by atoms with Crippen LogP contribution in [-0.2, 0) is 9.47 Å². The van der Waals surface area contributed by atoms with Crippen LogP contribution in [0.25, 0.3) is 0 Å². The van der Waals surface area contributed by atoms with Crippen LogP contribution in [0.3, 0.4) is 0 Å². The number of hydrogen-bond acceptors (Lipinski definition) is 4. The molecule has 0 aromatic heterocycles. The average Bonchev–Trinajstić information content (AvgIpc) is 2.98. The molecular formula is C16H32N2O2. The number of rotatable bonds is 7. The van der Waals surface area contributed by atoms with Crippen molar-refractivity contribution in [1.82, 2.24) is 10.2 Å². The predicted molar refractivity (Wildman–Crippen MR) is 82.0 cm³/mol. The molecule has 0 radical (unpaired) electrons. The number of nitrogens with one attached hydrogen (secondary N) is 1. The normalized spacial score (nSPS) is 27.9. The van der Waals surface area contributed by atoms with Crippen LogP contribution in [0.4, 0.5) is 0 Å². The molecule has 1 N–H and O–H groups in total. The lowest BCUT2D eigenvalue weighted by atomic mass is 9.98. The van der Waals surface area contributed by atoms with Gasteiger partial charge in [0.15, 0.2) is 0 Å². The van der Waals surface area contributed by atoms with E-state index >= 15 is 0 Å². The molecule has 2 aliphatic rings. The molecule has 20 heavy (non-hydrogen) atoms. The Hall–Kier alpha value is -0.160. The molecule has 2 heterocycles. The van der Waals surface area contributed by atoms with Gasteiger partial charge in [-0.3, -0.25) is 4.90 Å². The van der Waals surface area contributed by atoms with Gasteiger partial charge in [0.05, 0.1) is 19.8 Å². The van der Waals surface area contributed by atoms with Crippen molar-refractivity contribution >= 4 is 0 Å². The highest BCUT2D eigenvalue weighted by atomic mass is 16.5. The molecule has 0 aliphatic carbocycles. The second kappa shape index (κ2) is 8.32. The third-order valence-corrected chi connectivity index (χ3v) is 4.65. The van der Waals surface area contributed by atoms with Gasteiger partial charge in [-0.1, -0.05) is 13.8 Å². The number of hydrogen-bond donors (Lipinski definition) is 1. The Balaban J connectivity index is 1.79. The first-order valence-corrected chi connectivity index (χ1v) is 8.29. The second-order valence-corrected chi connectivity index (χ2v) is 6.75. The topological polar surface area (TPSA) is 33.7 Å². The quantitative estimate of drug-likeness (QED) is 0.772. The zero-order valence-corrected chi connectivity index (χ0v) is 13.4. The van der Waals surface area contributed by atoms with Crippen molar-refractivity contribution in [2.75, 3.05) is 46.1 Å². The van der Waals surface area contributed by atoms with E-state index < -0.39 is 0 Å². The Labute approximate surface area is 124 Å². The van der Waals surface area contributed by atoms with Gasteiger partial charge < -0.3 is 14.8 Å². The first-order chi connectivity index (χ1) is 9.66.